The third-order valence-corrected chi connectivity index (χ3v) is 3.98. The summed E-state index contributed by atoms with van der Waals surface area (Å²) in [5, 5.41) is 13.7. The van der Waals surface area contributed by atoms with E-state index < -0.39 is 4.92 Å². The summed E-state index contributed by atoms with van der Waals surface area (Å²) in [4.78, 5) is 22.5. The molecular weight excluding hydrogens is 348 g/mol. The number of non-ortho nitro benzene ring substituents is 1. The van der Waals surface area contributed by atoms with Crippen LogP contribution in [-0.4, -0.2) is 17.9 Å². The van der Waals surface area contributed by atoms with Gasteiger partial charge in [-0.05, 0) is 36.4 Å². The SMILES string of the molecule is COc1ccc(NC(=O)CCc2ccc(-c3cccc([N+](=O)[O-])c3)o2)cc1. The van der Waals surface area contributed by atoms with Crippen molar-refractivity contribution in [2.75, 3.05) is 12.4 Å². The minimum absolute atomic E-state index is 0.00400. The van der Waals surface area contributed by atoms with E-state index in [1.165, 1.54) is 12.1 Å². The molecule has 7 nitrogen and oxygen atoms in total. The lowest BCUT2D eigenvalue weighted by atomic mass is 10.1. The van der Waals surface area contributed by atoms with E-state index in [-0.39, 0.29) is 18.0 Å². The minimum Gasteiger partial charge on any atom is -0.497 e. The smallest absolute Gasteiger partial charge is 0.270 e. The van der Waals surface area contributed by atoms with Gasteiger partial charge in [-0.1, -0.05) is 12.1 Å². The van der Waals surface area contributed by atoms with E-state index in [9.17, 15) is 14.9 Å². The molecule has 1 heterocycles. The fraction of sp³-hybridized carbons (Fsp3) is 0.150. The van der Waals surface area contributed by atoms with Crippen LogP contribution in [0.25, 0.3) is 11.3 Å². The summed E-state index contributed by atoms with van der Waals surface area (Å²) < 4.78 is 10.8. The number of nitro benzene ring substituents is 1. The fourth-order valence-electron chi connectivity index (χ4n) is 2.57. The number of rotatable bonds is 7. The van der Waals surface area contributed by atoms with E-state index in [2.05, 4.69) is 5.32 Å². The molecule has 1 amide bonds. The summed E-state index contributed by atoms with van der Waals surface area (Å²) in [6.45, 7) is 0. The quantitative estimate of drug-likeness (QED) is 0.493. The van der Waals surface area contributed by atoms with Crippen molar-refractivity contribution in [3.8, 4) is 17.1 Å². The topological polar surface area (TPSA) is 94.6 Å². The Morgan fingerprint density at radius 1 is 1.15 bits per heavy atom. The zero-order valence-electron chi connectivity index (χ0n) is 14.7. The van der Waals surface area contributed by atoms with E-state index in [1.807, 2.05) is 0 Å². The highest BCUT2D eigenvalue weighted by molar-refractivity contribution is 5.90. The minimum atomic E-state index is -0.448. The Labute approximate surface area is 155 Å². The average molecular weight is 366 g/mol. The van der Waals surface area contributed by atoms with Gasteiger partial charge in [0.25, 0.3) is 5.69 Å². The van der Waals surface area contributed by atoms with Gasteiger partial charge in [-0.15, -0.1) is 0 Å². The highest BCUT2D eigenvalue weighted by Gasteiger charge is 2.11. The van der Waals surface area contributed by atoms with Crippen LogP contribution in [0.15, 0.2) is 65.1 Å². The molecule has 0 atom stereocenters. The summed E-state index contributed by atoms with van der Waals surface area (Å²) in [6, 6.07) is 16.8. The van der Waals surface area contributed by atoms with Crippen LogP contribution in [0.5, 0.6) is 5.75 Å². The molecule has 0 aliphatic rings. The number of carbonyl (C=O) groups is 1. The van der Waals surface area contributed by atoms with Gasteiger partial charge in [-0.2, -0.15) is 0 Å². The molecule has 0 fully saturated rings. The highest BCUT2D eigenvalue weighted by atomic mass is 16.6. The molecule has 3 aromatic rings. The summed E-state index contributed by atoms with van der Waals surface area (Å²) in [5.74, 6) is 1.76. The zero-order valence-corrected chi connectivity index (χ0v) is 14.7. The van der Waals surface area contributed by atoms with Crippen molar-refractivity contribution in [1.29, 1.82) is 0 Å². The fourth-order valence-corrected chi connectivity index (χ4v) is 2.57. The number of aryl methyl sites for hydroxylation is 1. The molecule has 0 aliphatic heterocycles. The number of nitrogens with one attached hydrogen (secondary N) is 1. The van der Waals surface area contributed by atoms with Gasteiger partial charge in [0.2, 0.25) is 5.91 Å². The lowest BCUT2D eigenvalue weighted by molar-refractivity contribution is -0.384. The maximum atomic E-state index is 12.1. The van der Waals surface area contributed by atoms with Crippen molar-refractivity contribution < 1.29 is 18.9 Å². The first kappa shape index (κ1) is 18.2. The van der Waals surface area contributed by atoms with Crippen molar-refractivity contribution in [3.63, 3.8) is 0 Å². The Hall–Kier alpha value is -3.61. The number of ether oxygens (including phenoxy) is 1. The van der Waals surface area contributed by atoms with Gasteiger partial charge in [0.05, 0.1) is 12.0 Å². The number of nitrogens with zero attached hydrogens (tertiary/aromatic N) is 1. The predicted molar refractivity (Wildman–Crippen MR) is 101 cm³/mol. The number of furan rings is 1. The molecule has 0 unspecified atom stereocenters. The van der Waals surface area contributed by atoms with Crippen molar-refractivity contribution in [1.82, 2.24) is 0 Å². The molecular formula is C20H18N2O5. The Bertz CT molecular complexity index is 947. The van der Waals surface area contributed by atoms with Gasteiger partial charge < -0.3 is 14.5 Å². The van der Waals surface area contributed by atoms with E-state index in [4.69, 9.17) is 9.15 Å². The van der Waals surface area contributed by atoms with Crippen molar-refractivity contribution in [2.24, 2.45) is 0 Å². The molecule has 0 aliphatic carbocycles. The van der Waals surface area contributed by atoms with Crippen LogP contribution in [0.4, 0.5) is 11.4 Å². The van der Waals surface area contributed by atoms with Gasteiger partial charge in [0.1, 0.15) is 17.3 Å². The van der Waals surface area contributed by atoms with Crippen LogP contribution in [0.2, 0.25) is 0 Å². The monoisotopic (exact) mass is 366 g/mol. The normalized spacial score (nSPS) is 10.4. The van der Waals surface area contributed by atoms with Gasteiger partial charge in [-0.25, -0.2) is 0 Å². The molecule has 1 aromatic heterocycles. The molecule has 0 saturated heterocycles. The lowest BCUT2D eigenvalue weighted by Crippen LogP contribution is -2.12. The molecule has 2 aromatic carbocycles. The van der Waals surface area contributed by atoms with Crippen molar-refractivity contribution >= 4 is 17.3 Å². The Balaban J connectivity index is 1.58. The number of methoxy groups -OCH3 is 1. The van der Waals surface area contributed by atoms with Gasteiger partial charge in [0, 0.05) is 36.2 Å². The van der Waals surface area contributed by atoms with Gasteiger partial charge in [-0.3, -0.25) is 14.9 Å². The number of hydrogen-bond acceptors (Lipinski definition) is 5. The van der Waals surface area contributed by atoms with Gasteiger partial charge >= 0.3 is 0 Å². The first-order valence-electron chi connectivity index (χ1n) is 8.32. The number of amides is 1. The molecule has 7 heteroatoms. The number of anilines is 1. The number of carbonyl (C=O) groups excluding carboxylic acids is 1. The predicted octanol–water partition coefficient (Wildman–Crippen LogP) is 4.43. The van der Waals surface area contributed by atoms with Crippen LogP contribution in [0.3, 0.4) is 0 Å². The molecule has 0 spiro atoms. The lowest BCUT2D eigenvalue weighted by Gasteiger charge is -2.05. The van der Waals surface area contributed by atoms with Crippen LogP contribution in [0, 0.1) is 10.1 Å². The Morgan fingerprint density at radius 3 is 2.63 bits per heavy atom. The third kappa shape index (κ3) is 4.72. The summed E-state index contributed by atoms with van der Waals surface area (Å²) >= 11 is 0. The zero-order chi connectivity index (χ0) is 19.2. The first-order chi connectivity index (χ1) is 13.0. The maximum Gasteiger partial charge on any atom is 0.270 e. The summed E-state index contributed by atoms with van der Waals surface area (Å²) in [5.41, 5.74) is 1.32. The molecule has 138 valence electrons. The molecule has 0 bridgehead atoms. The standard InChI is InChI=1S/C20H18N2O5/c1-26-17-7-5-15(6-8-17)21-20(23)12-10-18-9-11-19(27-18)14-3-2-4-16(13-14)22(24)25/h2-9,11,13H,10,12H2,1H3,(H,21,23). The van der Waals surface area contributed by atoms with Crippen LogP contribution >= 0.6 is 0 Å². The second-order valence-electron chi connectivity index (χ2n) is 5.85. The number of benzene rings is 2. The average Bonchev–Trinajstić information content (AvgIpc) is 3.16. The van der Waals surface area contributed by atoms with E-state index in [1.54, 1.807) is 55.6 Å². The largest absolute Gasteiger partial charge is 0.497 e. The van der Waals surface area contributed by atoms with Crippen LogP contribution in [-0.2, 0) is 11.2 Å². The molecule has 1 N–H and O–H groups in total. The molecule has 0 radical (unpaired) electrons. The Kier molecular flexibility index (Phi) is 5.51. The van der Waals surface area contributed by atoms with Crippen molar-refractivity contribution in [3.05, 3.63) is 76.5 Å². The van der Waals surface area contributed by atoms with Crippen LogP contribution < -0.4 is 10.1 Å². The molecule has 0 saturated carbocycles. The van der Waals surface area contributed by atoms with E-state index in [0.717, 1.165) is 5.75 Å². The highest BCUT2D eigenvalue weighted by Crippen LogP contribution is 2.26. The molecule has 3 rings (SSSR count). The second kappa shape index (κ2) is 8.18. The maximum absolute atomic E-state index is 12.1. The summed E-state index contributed by atoms with van der Waals surface area (Å²) in [7, 11) is 1.58. The van der Waals surface area contributed by atoms with Crippen LogP contribution in [0.1, 0.15) is 12.2 Å². The first-order valence-corrected chi connectivity index (χ1v) is 8.32. The number of nitro groups is 1. The Morgan fingerprint density at radius 2 is 1.93 bits per heavy atom. The van der Waals surface area contributed by atoms with E-state index >= 15 is 0 Å². The third-order valence-electron chi connectivity index (χ3n) is 3.98. The summed E-state index contributed by atoms with van der Waals surface area (Å²) in [6.07, 6.45) is 0.685. The van der Waals surface area contributed by atoms with E-state index in [0.29, 0.717) is 29.2 Å². The van der Waals surface area contributed by atoms with Gasteiger partial charge in [0.15, 0.2) is 0 Å². The number of hydrogen-bond donors (Lipinski definition) is 1. The van der Waals surface area contributed by atoms with Crippen molar-refractivity contribution in [2.45, 2.75) is 12.8 Å². The molecule has 27 heavy (non-hydrogen) atoms. The second-order valence-corrected chi connectivity index (χ2v) is 5.85.